The highest BCUT2D eigenvalue weighted by Gasteiger charge is 2.36. The Balaban J connectivity index is 1.55. The Morgan fingerprint density at radius 3 is 2.53 bits per heavy atom. The molecule has 30 heavy (non-hydrogen) atoms. The lowest BCUT2D eigenvalue weighted by Gasteiger charge is -2.31. The first kappa shape index (κ1) is 20.3. The second-order valence-electron chi connectivity index (χ2n) is 7.95. The fourth-order valence-electron chi connectivity index (χ4n) is 4.30. The molecule has 0 radical (unpaired) electrons. The number of benzene rings is 3. The van der Waals surface area contributed by atoms with Gasteiger partial charge in [-0.2, -0.15) is 0 Å². The molecule has 3 aromatic carbocycles. The highest BCUT2D eigenvalue weighted by Crippen LogP contribution is 2.37. The summed E-state index contributed by atoms with van der Waals surface area (Å²) in [5.74, 6) is 1.77. The molecule has 156 valence electrons. The first-order valence-electron chi connectivity index (χ1n) is 10.6. The summed E-state index contributed by atoms with van der Waals surface area (Å²) < 4.78 is 10.8. The number of hydrogen-bond acceptors (Lipinski definition) is 3. The minimum absolute atomic E-state index is 0.0447. The Morgan fingerprint density at radius 1 is 1.03 bits per heavy atom. The highest BCUT2D eigenvalue weighted by atomic mass is 16.5. The zero-order valence-corrected chi connectivity index (χ0v) is 17.9. The first-order chi connectivity index (χ1) is 14.6. The lowest BCUT2D eigenvalue weighted by molar-refractivity contribution is -0.134. The molecule has 4 rings (SSSR count). The molecule has 0 saturated heterocycles. The summed E-state index contributed by atoms with van der Waals surface area (Å²) in [6.45, 7) is 2.16. The SMILES string of the molecule is COc1ccc(OC)c(CCC(=O)N(C2CC2)[C@@H](C)c2cccc3ccccc23)c1. The van der Waals surface area contributed by atoms with Crippen LogP contribution in [0.5, 0.6) is 11.5 Å². The van der Waals surface area contributed by atoms with Crippen LogP contribution in [0.1, 0.15) is 43.4 Å². The lowest BCUT2D eigenvalue weighted by atomic mass is 9.98. The third-order valence-electron chi connectivity index (χ3n) is 6.01. The minimum Gasteiger partial charge on any atom is -0.497 e. The Labute approximate surface area is 178 Å². The molecule has 1 aliphatic carbocycles. The van der Waals surface area contributed by atoms with Crippen LogP contribution in [-0.4, -0.2) is 31.1 Å². The predicted octanol–water partition coefficient (Wildman–Crippen LogP) is 5.54. The van der Waals surface area contributed by atoms with E-state index in [1.165, 1.54) is 16.3 Å². The summed E-state index contributed by atoms with van der Waals surface area (Å²) >= 11 is 0. The summed E-state index contributed by atoms with van der Waals surface area (Å²) in [5, 5.41) is 2.44. The van der Waals surface area contributed by atoms with Crippen LogP contribution in [0.3, 0.4) is 0 Å². The second kappa shape index (κ2) is 8.78. The minimum atomic E-state index is 0.0447. The predicted molar refractivity (Wildman–Crippen MR) is 120 cm³/mol. The number of methoxy groups -OCH3 is 2. The molecule has 0 unspecified atom stereocenters. The van der Waals surface area contributed by atoms with Crippen molar-refractivity contribution >= 4 is 16.7 Å². The van der Waals surface area contributed by atoms with E-state index in [2.05, 4.69) is 54.3 Å². The van der Waals surface area contributed by atoms with Gasteiger partial charge in [-0.3, -0.25) is 4.79 Å². The number of amides is 1. The monoisotopic (exact) mass is 403 g/mol. The van der Waals surface area contributed by atoms with E-state index >= 15 is 0 Å². The molecule has 1 saturated carbocycles. The van der Waals surface area contributed by atoms with Crippen LogP contribution < -0.4 is 9.47 Å². The quantitative estimate of drug-likeness (QED) is 0.495. The molecule has 3 aromatic rings. The topological polar surface area (TPSA) is 38.8 Å². The lowest BCUT2D eigenvalue weighted by Crippen LogP contribution is -2.35. The molecule has 4 heteroatoms. The molecule has 1 fully saturated rings. The van der Waals surface area contributed by atoms with E-state index in [0.717, 1.165) is 29.9 Å². The smallest absolute Gasteiger partial charge is 0.223 e. The van der Waals surface area contributed by atoms with Gasteiger partial charge < -0.3 is 14.4 Å². The molecule has 0 aliphatic heterocycles. The van der Waals surface area contributed by atoms with Gasteiger partial charge in [0.2, 0.25) is 5.91 Å². The number of aryl methyl sites for hydroxylation is 1. The van der Waals surface area contributed by atoms with Crippen molar-refractivity contribution < 1.29 is 14.3 Å². The van der Waals surface area contributed by atoms with Gasteiger partial charge in [0.05, 0.1) is 20.3 Å². The van der Waals surface area contributed by atoms with Gasteiger partial charge in [-0.05, 0) is 66.3 Å². The van der Waals surface area contributed by atoms with Gasteiger partial charge >= 0.3 is 0 Å². The van der Waals surface area contributed by atoms with Gasteiger partial charge in [-0.25, -0.2) is 0 Å². The van der Waals surface area contributed by atoms with Crippen molar-refractivity contribution in [1.29, 1.82) is 0 Å². The molecular formula is C26H29NO3. The van der Waals surface area contributed by atoms with Gasteiger partial charge in [0.25, 0.3) is 0 Å². The van der Waals surface area contributed by atoms with Crippen LogP contribution in [0.15, 0.2) is 60.7 Å². The third-order valence-corrected chi connectivity index (χ3v) is 6.01. The number of carbonyl (C=O) groups excluding carboxylic acids is 1. The van der Waals surface area contributed by atoms with Crippen molar-refractivity contribution in [1.82, 2.24) is 4.90 Å². The average molecular weight is 404 g/mol. The van der Waals surface area contributed by atoms with Crippen LogP contribution in [0.2, 0.25) is 0 Å². The summed E-state index contributed by atoms with van der Waals surface area (Å²) in [7, 11) is 3.31. The normalized spacial score (nSPS) is 14.4. The van der Waals surface area contributed by atoms with Crippen molar-refractivity contribution in [3.05, 3.63) is 71.8 Å². The number of rotatable bonds is 8. The van der Waals surface area contributed by atoms with Crippen LogP contribution in [0.25, 0.3) is 10.8 Å². The Kier molecular flexibility index (Phi) is 5.93. The van der Waals surface area contributed by atoms with Crippen LogP contribution in [0.4, 0.5) is 0 Å². The maximum Gasteiger partial charge on any atom is 0.223 e. The largest absolute Gasteiger partial charge is 0.497 e. The maximum absolute atomic E-state index is 13.4. The number of hydrogen-bond donors (Lipinski definition) is 0. The molecule has 0 heterocycles. The molecule has 4 nitrogen and oxygen atoms in total. The molecule has 1 aliphatic rings. The number of nitrogens with zero attached hydrogens (tertiary/aromatic N) is 1. The fourth-order valence-corrected chi connectivity index (χ4v) is 4.30. The third kappa shape index (κ3) is 4.13. The Hall–Kier alpha value is -3.01. The van der Waals surface area contributed by atoms with Crippen LogP contribution in [0, 0.1) is 0 Å². The van der Waals surface area contributed by atoms with Gasteiger partial charge in [-0.1, -0.05) is 42.5 Å². The van der Waals surface area contributed by atoms with Crippen LogP contribution >= 0.6 is 0 Å². The number of fused-ring (bicyclic) bond motifs is 1. The second-order valence-corrected chi connectivity index (χ2v) is 7.95. The molecular weight excluding hydrogens is 374 g/mol. The van der Waals surface area contributed by atoms with Gasteiger partial charge in [0.1, 0.15) is 11.5 Å². The summed E-state index contributed by atoms with van der Waals surface area (Å²) in [5.41, 5.74) is 2.21. The van der Waals surface area contributed by atoms with Gasteiger partial charge in [-0.15, -0.1) is 0 Å². The van der Waals surface area contributed by atoms with E-state index in [9.17, 15) is 4.79 Å². The molecule has 0 N–H and O–H groups in total. The van der Waals surface area contributed by atoms with Crippen molar-refractivity contribution in [2.45, 2.75) is 44.7 Å². The van der Waals surface area contributed by atoms with E-state index in [4.69, 9.17) is 9.47 Å². The summed E-state index contributed by atoms with van der Waals surface area (Å²) in [4.78, 5) is 15.5. The molecule has 1 amide bonds. The fraction of sp³-hybridized carbons (Fsp3) is 0.346. The summed E-state index contributed by atoms with van der Waals surface area (Å²) in [6.07, 6.45) is 3.26. The van der Waals surface area contributed by atoms with Crippen molar-refractivity contribution in [3.8, 4) is 11.5 Å². The first-order valence-corrected chi connectivity index (χ1v) is 10.6. The summed E-state index contributed by atoms with van der Waals surface area (Å²) in [6, 6.07) is 20.9. The van der Waals surface area contributed by atoms with E-state index in [1.54, 1.807) is 14.2 Å². The van der Waals surface area contributed by atoms with Gasteiger partial charge in [0, 0.05) is 12.5 Å². The molecule has 0 aromatic heterocycles. The molecule has 1 atom stereocenters. The van der Waals surface area contributed by atoms with Crippen LogP contribution in [-0.2, 0) is 11.2 Å². The maximum atomic E-state index is 13.4. The standard InChI is InChI=1S/C26H29NO3/c1-18(23-10-6-8-19-7-4-5-9-24(19)23)27(21-12-13-21)26(28)16-11-20-17-22(29-2)14-15-25(20)30-3/h4-10,14-15,17-18,21H,11-13,16H2,1-3H3/t18-/m0/s1. The van der Waals surface area contributed by atoms with Crippen molar-refractivity contribution in [2.24, 2.45) is 0 Å². The number of ether oxygens (including phenoxy) is 2. The van der Waals surface area contributed by atoms with Crippen molar-refractivity contribution in [3.63, 3.8) is 0 Å². The number of carbonyl (C=O) groups is 1. The van der Waals surface area contributed by atoms with E-state index in [1.807, 2.05) is 18.2 Å². The van der Waals surface area contributed by atoms with E-state index < -0.39 is 0 Å². The Bertz CT molecular complexity index is 1040. The van der Waals surface area contributed by atoms with Crippen molar-refractivity contribution in [2.75, 3.05) is 14.2 Å². The molecule has 0 bridgehead atoms. The Morgan fingerprint density at radius 2 is 1.80 bits per heavy atom. The zero-order chi connectivity index (χ0) is 21.1. The van der Waals surface area contributed by atoms with E-state index in [-0.39, 0.29) is 11.9 Å². The molecule has 0 spiro atoms. The zero-order valence-electron chi connectivity index (χ0n) is 17.9. The van der Waals surface area contributed by atoms with Gasteiger partial charge in [0.15, 0.2) is 0 Å². The van der Waals surface area contributed by atoms with E-state index in [0.29, 0.717) is 18.9 Å². The highest BCUT2D eigenvalue weighted by molar-refractivity contribution is 5.87. The average Bonchev–Trinajstić information content (AvgIpc) is 3.62.